The molecular formula is C45H58FN15O7. The Labute approximate surface area is 392 Å². The van der Waals surface area contributed by atoms with Crippen molar-refractivity contribution in [2.75, 3.05) is 92.7 Å². The number of alkyl halides is 1. The zero-order chi connectivity index (χ0) is 47.9. The van der Waals surface area contributed by atoms with E-state index in [1.807, 2.05) is 6.92 Å². The molecule has 1 aliphatic carbocycles. The molecule has 362 valence electrons. The van der Waals surface area contributed by atoms with Crippen molar-refractivity contribution in [2.24, 2.45) is 7.05 Å². The molecule has 3 amide bonds. The highest BCUT2D eigenvalue weighted by Crippen LogP contribution is 2.40. The van der Waals surface area contributed by atoms with Gasteiger partial charge in [0.05, 0.1) is 84.2 Å². The lowest BCUT2D eigenvalue weighted by Gasteiger charge is -2.43. The summed E-state index contributed by atoms with van der Waals surface area (Å²) in [5.41, 5.74) is 3.21. The lowest BCUT2D eigenvalue weighted by molar-refractivity contribution is -0.120. The van der Waals surface area contributed by atoms with E-state index in [0.717, 1.165) is 37.6 Å². The SMILES string of the molecule is C=CC(=O)N[C@@H]1CN(c2nc(Nc3cn(CCOCCOCCNC(=O)c4ccc(Nc5ncc6c(n5)N(C5CCCC5)[C@H](CC)C(=O)N6C)c(OC)c4)nc3OC)c3ncn(C)c3n2)C[C@H]1F. The Morgan fingerprint density at radius 2 is 1.76 bits per heavy atom. The van der Waals surface area contributed by atoms with Crippen LogP contribution in [0.15, 0.2) is 49.6 Å². The Morgan fingerprint density at radius 3 is 2.51 bits per heavy atom. The minimum absolute atomic E-state index is 0.00284. The molecule has 2 fully saturated rings. The Bertz CT molecular complexity index is 2620. The molecule has 0 bridgehead atoms. The lowest BCUT2D eigenvalue weighted by atomic mass is 10.0. The van der Waals surface area contributed by atoms with Crippen LogP contribution in [0, 0.1) is 0 Å². The van der Waals surface area contributed by atoms with Gasteiger partial charge in [-0.05, 0) is 43.5 Å². The van der Waals surface area contributed by atoms with Crippen molar-refractivity contribution < 1.29 is 37.7 Å². The molecule has 23 heteroatoms. The van der Waals surface area contributed by atoms with Crippen molar-refractivity contribution in [3.63, 3.8) is 0 Å². The molecule has 2 aliphatic heterocycles. The minimum Gasteiger partial charge on any atom is -0.495 e. The number of benzene rings is 1. The van der Waals surface area contributed by atoms with Crippen LogP contribution in [0.5, 0.6) is 11.6 Å². The van der Waals surface area contributed by atoms with Crippen LogP contribution in [0.1, 0.15) is 49.4 Å². The van der Waals surface area contributed by atoms with E-state index < -0.39 is 18.1 Å². The second-order valence-electron chi connectivity index (χ2n) is 16.7. The number of aromatic nitrogens is 8. The number of amides is 3. The predicted octanol–water partition coefficient (Wildman–Crippen LogP) is 3.65. The summed E-state index contributed by atoms with van der Waals surface area (Å²) in [6.07, 6.45) is 9.81. The van der Waals surface area contributed by atoms with Gasteiger partial charge in [0, 0.05) is 38.8 Å². The Balaban J connectivity index is 0.781. The Hall–Kier alpha value is -7.14. The van der Waals surface area contributed by atoms with E-state index in [1.165, 1.54) is 14.2 Å². The molecule has 1 saturated carbocycles. The fourth-order valence-electron chi connectivity index (χ4n) is 8.73. The van der Waals surface area contributed by atoms with E-state index in [2.05, 4.69) is 52.8 Å². The van der Waals surface area contributed by atoms with Crippen LogP contribution in [0.3, 0.4) is 0 Å². The van der Waals surface area contributed by atoms with Gasteiger partial charge in [-0.3, -0.25) is 19.1 Å². The van der Waals surface area contributed by atoms with E-state index in [4.69, 9.17) is 28.9 Å². The predicted molar refractivity (Wildman–Crippen MR) is 252 cm³/mol. The molecule has 0 unspecified atom stereocenters. The first kappa shape index (κ1) is 47.4. The fourth-order valence-corrected chi connectivity index (χ4v) is 8.73. The van der Waals surface area contributed by atoms with Crippen molar-refractivity contribution in [2.45, 2.75) is 69.9 Å². The van der Waals surface area contributed by atoms with Gasteiger partial charge in [-0.2, -0.15) is 15.0 Å². The van der Waals surface area contributed by atoms with Gasteiger partial charge in [-0.25, -0.2) is 14.4 Å². The molecule has 6 heterocycles. The zero-order valence-electron chi connectivity index (χ0n) is 38.9. The summed E-state index contributed by atoms with van der Waals surface area (Å²) in [5, 5.41) is 16.5. The van der Waals surface area contributed by atoms with Crippen molar-refractivity contribution in [1.29, 1.82) is 0 Å². The fraction of sp³-hybridized carbons (Fsp3) is 0.489. The quantitative estimate of drug-likeness (QED) is 0.0607. The summed E-state index contributed by atoms with van der Waals surface area (Å²) in [6.45, 7) is 7.57. The maximum Gasteiger partial charge on any atom is 0.256 e. The first-order valence-corrected chi connectivity index (χ1v) is 22.7. The smallest absolute Gasteiger partial charge is 0.256 e. The van der Waals surface area contributed by atoms with E-state index in [1.54, 1.807) is 70.1 Å². The second-order valence-corrected chi connectivity index (χ2v) is 16.7. The third-order valence-corrected chi connectivity index (χ3v) is 12.3. The number of aryl methyl sites for hydroxylation is 1. The van der Waals surface area contributed by atoms with Crippen LogP contribution in [-0.4, -0.2) is 149 Å². The number of nitrogens with one attached hydrogen (secondary N) is 4. The van der Waals surface area contributed by atoms with Crippen molar-refractivity contribution in [3.05, 3.63) is 55.1 Å². The van der Waals surface area contributed by atoms with Crippen LogP contribution in [0.4, 0.5) is 45.0 Å². The second kappa shape index (κ2) is 21.2. The summed E-state index contributed by atoms with van der Waals surface area (Å²) < 4.78 is 41.0. The molecule has 3 atom stereocenters. The number of anilines is 7. The van der Waals surface area contributed by atoms with E-state index in [9.17, 15) is 18.8 Å². The molecule has 5 aromatic rings. The van der Waals surface area contributed by atoms with Gasteiger partial charge in [0.25, 0.3) is 11.8 Å². The number of methoxy groups -OCH3 is 2. The Morgan fingerprint density at radius 1 is 0.971 bits per heavy atom. The van der Waals surface area contributed by atoms with Gasteiger partial charge in [-0.1, -0.05) is 26.3 Å². The number of ether oxygens (including phenoxy) is 4. The summed E-state index contributed by atoms with van der Waals surface area (Å²) in [5.74, 6) is 1.80. The molecule has 22 nitrogen and oxygen atoms in total. The van der Waals surface area contributed by atoms with Gasteiger partial charge in [0.1, 0.15) is 29.3 Å². The number of hydrogen-bond acceptors (Lipinski definition) is 17. The summed E-state index contributed by atoms with van der Waals surface area (Å²) in [7, 11) is 6.61. The molecule has 68 heavy (non-hydrogen) atoms. The average Bonchev–Trinajstić information content (AvgIpc) is 4.17. The third-order valence-electron chi connectivity index (χ3n) is 12.3. The van der Waals surface area contributed by atoms with Crippen molar-refractivity contribution in [3.8, 4) is 11.6 Å². The van der Waals surface area contributed by atoms with Crippen LogP contribution >= 0.6 is 0 Å². The van der Waals surface area contributed by atoms with E-state index >= 15 is 0 Å². The van der Waals surface area contributed by atoms with Crippen LogP contribution in [0.25, 0.3) is 11.2 Å². The van der Waals surface area contributed by atoms with Gasteiger partial charge in [0.2, 0.25) is 23.7 Å². The number of carbonyl (C=O) groups excluding carboxylic acids is 3. The standard InChI is InChI=1S/C45H58FN15O7/c1-7-33-43(64)58(4)34-22-48-44(54-39(34)61(33)28-11-9-10-12-28)52-30-14-13-27(21-35(30)65-5)41(63)47-15-17-67-19-20-68-18-16-60-25-32(42(56-60)66-6)51-38-37-40(57(3)26-49-37)55-45(53-38)59-23-29(46)31(24-59)50-36(62)8-2/h8,13-14,21-22,25-26,28-29,31,33H,2,7,9-12,15-20,23-24H2,1,3-6H3,(H,47,63)(H,50,62)(H,48,52,54)(H,51,53,55)/t29-,31-,33-/m1/s1. The van der Waals surface area contributed by atoms with Crippen molar-refractivity contribution in [1.82, 2.24) is 49.9 Å². The van der Waals surface area contributed by atoms with E-state index in [0.29, 0.717) is 90.0 Å². The summed E-state index contributed by atoms with van der Waals surface area (Å²) in [4.78, 5) is 67.0. The number of carbonyl (C=O) groups is 3. The van der Waals surface area contributed by atoms with Crippen molar-refractivity contribution >= 4 is 69.5 Å². The highest BCUT2D eigenvalue weighted by Gasteiger charge is 2.41. The number of likely N-dealkylation sites (N-methyl/N-ethyl adjacent to an activating group) is 1. The number of halogens is 1. The maximum atomic E-state index is 14.9. The van der Waals surface area contributed by atoms with Gasteiger partial charge in [-0.15, -0.1) is 5.10 Å². The zero-order valence-corrected chi connectivity index (χ0v) is 38.9. The highest BCUT2D eigenvalue weighted by atomic mass is 19.1. The average molecular weight is 940 g/mol. The third kappa shape index (κ3) is 10.2. The molecule has 3 aliphatic rings. The monoisotopic (exact) mass is 939 g/mol. The number of imidazole rings is 1. The molecule has 4 aromatic heterocycles. The number of fused-ring (bicyclic) bond motifs is 2. The van der Waals surface area contributed by atoms with E-state index in [-0.39, 0.29) is 56.1 Å². The topological polar surface area (TPSA) is 233 Å². The first-order chi connectivity index (χ1) is 33.0. The van der Waals surface area contributed by atoms with Crippen LogP contribution in [0.2, 0.25) is 0 Å². The number of hydrogen-bond donors (Lipinski definition) is 4. The normalized spacial score (nSPS) is 18.2. The number of rotatable bonds is 21. The van der Waals surface area contributed by atoms with Crippen LogP contribution in [-0.2, 0) is 32.7 Å². The molecular weight excluding hydrogens is 882 g/mol. The molecule has 1 saturated heterocycles. The lowest BCUT2D eigenvalue weighted by Crippen LogP contribution is -2.55. The molecule has 8 rings (SSSR count). The maximum absolute atomic E-state index is 14.9. The highest BCUT2D eigenvalue weighted by molar-refractivity contribution is 6.04. The molecule has 0 spiro atoms. The minimum atomic E-state index is -1.32. The van der Waals surface area contributed by atoms with Crippen LogP contribution < -0.4 is 45.4 Å². The molecule has 0 radical (unpaired) electrons. The Kier molecular flexibility index (Phi) is 14.8. The summed E-state index contributed by atoms with van der Waals surface area (Å²) >= 11 is 0. The summed E-state index contributed by atoms with van der Waals surface area (Å²) in [6, 6.07) is 4.32. The molecule has 4 N–H and O–H groups in total. The molecule has 1 aromatic carbocycles. The van der Waals surface area contributed by atoms with Gasteiger partial charge < -0.3 is 59.5 Å². The first-order valence-electron chi connectivity index (χ1n) is 22.7. The van der Waals surface area contributed by atoms with Gasteiger partial charge >= 0.3 is 0 Å². The largest absolute Gasteiger partial charge is 0.495 e. The number of nitrogens with zero attached hydrogens (tertiary/aromatic N) is 11. The van der Waals surface area contributed by atoms with Gasteiger partial charge in [0.15, 0.2) is 22.8 Å².